The summed E-state index contributed by atoms with van der Waals surface area (Å²) in [7, 11) is 1.68. The number of nitrogens with zero attached hydrogens (tertiary/aromatic N) is 1. The highest BCUT2D eigenvalue weighted by atomic mass is 16.5. The highest BCUT2D eigenvalue weighted by molar-refractivity contribution is 5.86. The number of allylic oxidation sites excluding steroid dienone is 1. The van der Waals surface area contributed by atoms with Crippen molar-refractivity contribution < 1.29 is 19.0 Å². The summed E-state index contributed by atoms with van der Waals surface area (Å²) >= 11 is 0. The third-order valence-electron chi connectivity index (χ3n) is 4.54. The zero-order chi connectivity index (χ0) is 16.5. The average Bonchev–Trinajstić information content (AvgIpc) is 2.49. The fourth-order valence-electron chi connectivity index (χ4n) is 3.08. The Morgan fingerprint density at radius 1 is 1.13 bits per heavy atom. The molecule has 0 unspecified atom stereocenters. The fourth-order valence-corrected chi connectivity index (χ4v) is 3.08. The summed E-state index contributed by atoms with van der Waals surface area (Å²) in [6.45, 7) is 10.0. The SMILES string of the molecule is C=C1CCC2(CN(CCOCCCCOCCOC)C2)C(=O)N1. The van der Waals surface area contributed by atoms with Gasteiger partial charge in [-0.3, -0.25) is 9.69 Å². The summed E-state index contributed by atoms with van der Waals surface area (Å²) in [5, 5.41) is 2.89. The van der Waals surface area contributed by atoms with E-state index in [1.165, 1.54) is 0 Å². The second-order valence-corrected chi connectivity index (χ2v) is 6.47. The minimum Gasteiger partial charge on any atom is -0.382 e. The van der Waals surface area contributed by atoms with Crippen molar-refractivity contribution in [3.8, 4) is 0 Å². The van der Waals surface area contributed by atoms with Crippen LogP contribution in [0.1, 0.15) is 25.7 Å². The van der Waals surface area contributed by atoms with Gasteiger partial charge in [0.25, 0.3) is 0 Å². The van der Waals surface area contributed by atoms with Crippen LogP contribution in [-0.4, -0.2) is 70.6 Å². The molecule has 0 aromatic rings. The Balaban J connectivity index is 1.42. The van der Waals surface area contributed by atoms with E-state index in [-0.39, 0.29) is 11.3 Å². The van der Waals surface area contributed by atoms with Gasteiger partial charge in [-0.05, 0) is 25.7 Å². The molecule has 1 N–H and O–H groups in total. The number of hydrogen-bond donors (Lipinski definition) is 1. The number of carbonyl (C=O) groups excluding carboxylic acids is 1. The lowest BCUT2D eigenvalue weighted by Gasteiger charge is -2.51. The molecule has 0 saturated carbocycles. The monoisotopic (exact) mass is 326 g/mol. The van der Waals surface area contributed by atoms with Gasteiger partial charge in [-0.1, -0.05) is 6.58 Å². The topological polar surface area (TPSA) is 60.0 Å². The van der Waals surface area contributed by atoms with Crippen LogP contribution in [0.3, 0.4) is 0 Å². The highest BCUT2D eigenvalue weighted by Crippen LogP contribution is 2.38. The molecule has 0 bridgehead atoms. The second-order valence-electron chi connectivity index (χ2n) is 6.47. The molecule has 23 heavy (non-hydrogen) atoms. The lowest BCUT2D eigenvalue weighted by molar-refractivity contribution is -0.144. The number of likely N-dealkylation sites (tertiary alicyclic amines) is 1. The van der Waals surface area contributed by atoms with Crippen LogP contribution in [0.2, 0.25) is 0 Å². The number of carbonyl (C=O) groups is 1. The molecule has 132 valence electrons. The lowest BCUT2D eigenvalue weighted by atomic mass is 9.72. The summed E-state index contributed by atoms with van der Waals surface area (Å²) in [6.07, 6.45) is 3.86. The minimum atomic E-state index is -0.166. The quantitative estimate of drug-likeness (QED) is 0.578. The van der Waals surface area contributed by atoms with Gasteiger partial charge in [-0.15, -0.1) is 0 Å². The molecule has 2 rings (SSSR count). The first-order chi connectivity index (χ1) is 11.2. The summed E-state index contributed by atoms with van der Waals surface area (Å²) in [5.74, 6) is 0.152. The van der Waals surface area contributed by atoms with E-state index in [0.717, 1.165) is 70.8 Å². The number of unbranched alkanes of at least 4 members (excludes halogenated alkanes) is 1. The average molecular weight is 326 g/mol. The molecule has 1 amide bonds. The van der Waals surface area contributed by atoms with E-state index in [4.69, 9.17) is 14.2 Å². The van der Waals surface area contributed by atoms with E-state index in [0.29, 0.717) is 13.2 Å². The Kier molecular flexibility index (Phi) is 7.49. The van der Waals surface area contributed by atoms with E-state index in [2.05, 4.69) is 16.8 Å². The van der Waals surface area contributed by atoms with Gasteiger partial charge >= 0.3 is 0 Å². The van der Waals surface area contributed by atoms with Crippen molar-refractivity contribution in [2.45, 2.75) is 25.7 Å². The molecule has 6 nitrogen and oxygen atoms in total. The van der Waals surface area contributed by atoms with Gasteiger partial charge in [0.15, 0.2) is 0 Å². The van der Waals surface area contributed by atoms with Crippen LogP contribution < -0.4 is 5.32 Å². The molecule has 2 heterocycles. The molecular weight excluding hydrogens is 296 g/mol. The van der Waals surface area contributed by atoms with E-state index in [1.54, 1.807) is 7.11 Å². The van der Waals surface area contributed by atoms with Crippen molar-refractivity contribution in [2.75, 3.05) is 59.8 Å². The second kappa shape index (κ2) is 9.37. The number of piperidine rings is 1. The number of nitrogens with one attached hydrogen (secondary N) is 1. The van der Waals surface area contributed by atoms with E-state index in [9.17, 15) is 4.79 Å². The standard InChI is InChI=1S/C17H30N2O4/c1-15-5-6-17(16(20)18-15)13-19(14-17)7-10-22-8-3-4-9-23-12-11-21-2/h1,3-14H2,2H3,(H,18,20). The van der Waals surface area contributed by atoms with Crippen molar-refractivity contribution in [3.63, 3.8) is 0 Å². The number of amides is 1. The first kappa shape index (κ1) is 18.4. The largest absolute Gasteiger partial charge is 0.382 e. The Morgan fingerprint density at radius 2 is 1.83 bits per heavy atom. The molecule has 2 aliphatic heterocycles. The molecule has 0 aliphatic carbocycles. The Bertz CT molecular complexity index is 394. The molecule has 2 aliphatic rings. The van der Waals surface area contributed by atoms with Gasteiger partial charge in [-0.2, -0.15) is 0 Å². The molecule has 0 radical (unpaired) electrons. The maximum absolute atomic E-state index is 12.0. The van der Waals surface area contributed by atoms with Gasteiger partial charge in [0.2, 0.25) is 5.91 Å². The van der Waals surface area contributed by atoms with E-state index < -0.39 is 0 Å². The molecule has 6 heteroatoms. The van der Waals surface area contributed by atoms with Gasteiger partial charge in [0.1, 0.15) is 0 Å². The first-order valence-corrected chi connectivity index (χ1v) is 8.52. The molecular formula is C17H30N2O4. The Hall–Kier alpha value is -0.950. The number of ether oxygens (including phenoxy) is 3. The third-order valence-corrected chi connectivity index (χ3v) is 4.54. The molecule has 2 fully saturated rings. The number of methoxy groups -OCH3 is 1. The highest BCUT2D eigenvalue weighted by Gasteiger charge is 2.50. The summed E-state index contributed by atoms with van der Waals surface area (Å²) in [6, 6.07) is 0. The summed E-state index contributed by atoms with van der Waals surface area (Å²) in [5.41, 5.74) is 0.689. The molecule has 0 aromatic carbocycles. The van der Waals surface area contributed by atoms with Crippen LogP contribution in [0.15, 0.2) is 12.3 Å². The van der Waals surface area contributed by atoms with Crippen LogP contribution in [0, 0.1) is 5.41 Å². The molecule has 0 atom stereocenters. The Labute approximate surface area is 139 Å². The maximum Gasteiger partial charge on any atom is 0.232 e. The third kappa shape index (κ3) is 5.57. The van der Waals surface area contributed by atoms with Gasteiger partial charge in [0.05, 0.1) is 25.2 Å². The maximum atomic E-state index is 12.0. The zero-order valence-corrected chi connectivity index (χ0v) is 14.3. The predicted molar refractivity (Wildman–Crippen MR) is 88.1 cm³/mol. The van der Waals surface area contributed by atoms with Crippen LogP contribution in [0.5, 0.6) is 0 Å². The van der Waals surface area contributed by atoms with Gasteiger partial charge < -0.3 is 19.5 Å². The van der Waals surface area contributed by atoms with Crippen LogP contribution in [0.25, 0.3) is 0 Å². The summed E-state index contributed by atoms with van der Waals surface area (Å²) < 4.78 is 16.0. The molecule has 2 saturated heterocycles. The van der Waals surface area contributed by atoms with E-state index >= 15 is 0 Å². The van der Waals surface area contributed by atoms with Crippen molar-refractivity contribution >= 4 is 5.91 Å². The van der Waals surface area contributed by atoms with Gasteiger partial charge in [-0.25, -0.2) is 0 Å². The van der Waals surface area contributed by atoms with Crippen LogP contribution >= 0.6 is 0 Å². The van der Waals surface area contributed by atoms with Crippen molar-refractivity contribution in [1.29, 1.82) is 0 Å². The first-order valence-electron chi connectivity index (χ1n) is 8.52. The predicted octanol–water partition coefficient (Wildman–Crippen LogP) is 1.17. The molecule has 1 spiro atoms. The van der Waals surface area contributed by atoms with Crippen LogP contribution in [0.4, 0.5) is 0 Å². The van der Waals surface area contributed by atoms with Crippen LogP contribution in [-0.2, 0) is 19.0 Å². The van der Waals surface area contributed by atoms with Gasteiger partial charge in [0, 0.05) is 45.7 Å². The molecule has 0 aromatic heterocycles. The summed E-state index contributed by atoms with van der Waals surface area (Å²) in [4.78, 5) is 14.3. The van der Waals surface area contributed by atoms with E-state index in [1.807, 2.05) is 0 Å². The minimum absolute atomic E-state index is 0.152. The van der Waals surface area contributed by atoms with Crippen molar-refractivity contribution in [1.82, 2.24) is 10.2 Å². The number of rotatable bonds is 11. The fraction of sp³-hybridized carbons (Fsp3) is 0.824. The number of hydrogen-bond acceptors (Lipinski definition) is 5. The van der Waals surface area contributed by atoms with Crippen molar-refractivity contribution in [3.05, 3.63) is 12.3 Å². The normalized spacial score (nSPS) is 20.6. The smallest absolute Gasteiger partial charge is 0.232 e. The lowest BCUT2D eigenvalue weighted by Crippen LogP contribution is -2.65. The zero-order valence-electron chi connectivity index (χ0n) is 14.3. The Morgan fingerprint density at radius 3 is 2.48 bits per heavy atom. The van der Waals surface area contributed by atoms with Crippen molar-refractivity contribution in [2.24, 2.45) is 5.41 Å².